The highest BCUT2D eigenvalue weighted by Crippen LogP contribution is 2.31. The summed E-state index contributed by atoms with van der Waals surface area (Å²) in [6.07, 6.45) is 7.31. The lowest BCUT2D eigenvalue weighted by atomic mass is 10.2. The fourth-order valence-corrected chi connectivity index (χ4v) is 5.48. The second-order valence-electron chi connectivity index (χ2n) is 7.98. The Hall–Kier alpha value is -3.50. The van der Waals surface area contributed by atoms with Crippen LogP contribution in [-0.2, 0) is 21.4 Å². The number of amides is 1. The molecule has 4 rings (SSSR count). The number of anilines is 1. The number of aromatic nitrogens is 3. The van der Waals surface area contributed by atoms with Crippen molar-refractivity contribution in [1.29, 1.82) is 0 Å². The van der Waals surface area contributed by atoms with Crippen LogP contribution in [0.1, 0.15) is 30.5 Å². The monoisotopic (exact) mass is 481 g/mol. The van der Waals surface area contributed by atoms with E-state index in [1.165, 1.54) is 23.6 Å². The minimum atomic E-state index is -3.72. The Kier molecular flexibility index (Phi) is 7.39. The third-order valence-corrected chi connectivity index (χ3v) is 7.43. The molecule has 0 saturated carbocycles. The maximum Gasteiger partial charge on any atom is 0.248 e. The van der Waals surface area contributed by atoms with E-state index >= 15 is 0 Å². The Morgan fingerprint density at radius 1 is 1.12 bits per heavy atom. The van der Waals surface area contributed by atoms with Gasteiger partial charge in [0.15, 0.2) is 0 Å². The van der Waals surface area contributed by atoms with Gasteiger partial charge in [-0.3, -0.25) is 4.79 Å². The van der Waals surface area contributed by atoms with Crippen LogP contribution in [0, 0.1) is 0 Å². The molecule has 1 aliphatic rings. The van der Waals surface area contributed by atoms with Gasteiger partial charge in [0.2, 0.25) is 15.9 Å². The molecule has 0 bridgehead atoms. The number of nitrogens with one attached hydrogen (secondary N) is 1. The second kappa shape index (κ2) is 10.6. The summed E-state index contributed by atoms with van der Waals surface area (Å²) in [4.78, 5) is 12.5. The predicted molar refractivity (Wildman–Crippen MR) is 129 cm³/mol. The summed E-state index contributed by atoms with van der Waals surface area (Å²) in [5, 5.41) is 10.8. The lowest BCUT2D eigenvalue weighted by molar-refractivity contribution is -0.111. The molecule has 1 amide bonds. The first-order chi connectivity index (χ1) is 16.5. The van der Waals surface area contributed by atoms with Crippen LogP contribution in [0.25, 0.3) is 6.08 Å². The number of carbonyl (C=O) groups is 1. The minimum absolute atomic E-state index is 0.0440. The number of rotatable bonds is 8. The largest absolute Gasteiger partial charge is 0.495 e. The zero-order valence-electron chi connectivity index (χ0n) is 18.9. The molecule has 9 nitrogen and oxygen atoms in total. The van der Waals surface area contributed by atoms with Crippen LogP contribution in [0.4, 0.5) is 5.69 Å². The van der Waals surface area contributed by atoms with Gasteiger partial charge in [-0.1, -0.05) is 42.0 Å². The molecular formula is C24H27N5O4S. The number of hydrogen-bond acceptors (Lipinski definition) is 6. The molecule has 2 heterocycles. The van der Waals surface area contributed by atoms with Crippen molar-refractivity contribution in [2.45, 2.75) is 30.7 Å². The number of hydrogen-bond donors (Lipinski definition) is 1. The Labute approximate surface area is 199 Å². The average Bonchev–Trinajstić information content (AvgIpc) is 3.31. The lowest BCUT2D eigenvalue weighted by Gasteiger charge is -2.26. The Morgan fingerprint density at radius 3 is 2.62 bits per heavy atom. The number of methoxy groups -OCH3 is 1. The van der Waals surface area contributed by atoms with E-state index in [9.17, 15) is 13.2 Å². The molecule has 178 valence electrons. The minimum Gasteiger partial charge on any atom is -0.495 e. The third-order valence-electron chi connectivity index (χ3n) is 5.51. The molecule has 1 saturated heterocycles. The van der Waals surface area contributed by atoms with E-state index in [-0.39, 0.29) is 10.6 Å². The molecule has 0 aliphatic carbocycles. The summed E-state index contributed by atoms with van der Waals surface area (Å²) in [5.74, 6) is -0.168. The average molecular weight is 482 g/mol. The van der Waals surface area contributed by atoms with Crippen molar-refractivity contribution in [1.82, 2.24) is 19.3 Å². The van der Waals surface area contributed by atoms with Crippen molar-refractivity contribution in [2.24, 2.45) is 0 Å². The van der Waals surface area contributed by atoms with E-state index in [0.717, 1.165) is 24.8 Å². The highest BCUT2D eigenvalue weighted by Gasteiger charge is 2.29. The molecule has 0 unspecified atom stereocenters. The van der Waals surface area contributed by atoms with Gasteiger partial charge in [0.05, 0.1) is 19.9 Å². The Bertz CT molecular complexity index is 1270. The first kappa shape index (κ1) is 23.7. The molecule has 1 fully saturated rings. The van der Waals surface area contributed by atoms with Crippen LogP contribution in [0.15, 0.2) is 65.7 Å². The van der Waals surface area contributed by atoms with Crippen molar-refractivity contribution >= 4 is 27.7 Å². The van der Waals surface area contributed by atoms with Crippen molar-refractivity contribution in [2.75, 3.05) is 25.5 Å². The van der Waals surface area contributed by atoms with Gasteiger partial charge in [-0.2, -0.15) is 4.31 Å². The van der Waals surface area contributed by atoms with Crippen LogP contribution in [0.2, 0.25) is 0 Å². The lowest BCUT2D eigenvalue weighted by Crippen LogP contribution is -2.35. The highest BCUT2D eigenvalue weighted by atomic mass is 32.2. The van der Waals surface area contributed by atoms with Gasteiger partial charge in [0, 0.05) is 24.9 Å². The number of nitrogens with zero attached hydrogens (tertiary/aromatic N) is 4. The first-order valence-electron chi connectivity index (χ1n) is 11.1. The van der Waals surface area contributed by atoms with Gasteiger partial charge >= 0.3 is 0 Å². The van der Waals surface area contributed by atoms with Crippen molar-refractivity contribution in [3.05, 3.63) is 72.1 Å². The van der Waals surface area contributed by atoms with E-state index in [0.29, 0.717) is 31.0 Å². The fourth-order valence-electron chi connectivity index (χ4n) is 3.78. The molecule has 2 aromatic carbocycles. The van der Waals surface area contributed by atoms with Gasteiger partial charge in [-0.25, -0.2) is 13.1 Å². The van der Waals surface area contributed by atoms with E-state index in [1.54, 1.807) is 29.1 Å². The molecule has 3 aromatic rings. The zero-order valence-corrected chi connectivity index (χ0v) is 19.7. The standard InChI is InChI=1S/C24H27N5O4S/c1-33-22-12-10-20(16-23(22)34(31,32)29-14-6-3-7-15-29)25-24(30)13-11-21-18-28(27-26-21)17-19-8-4-2-5-9-19/h2,4-5,8-13,16,18H,3,6-7,14-15,17H2,1H3,(H,25,30)/b13-11+. The normalized spacial score (nSPS) is 14.9. The summed E-state index contributed by atoms with van der Waals surface area (Å²) in [7, 11) is -2.30. The zero-order chi connectivity index (χ0) is 24.0. The summed E-state index contributed by atoms with van der Waals surface area (Å²) in [6.45, 7) is 1.54. The van der Waals surface area contributed by atoms with Gasteiger partial charge in [-0.05, 0) is 42.7 Å². The van der Waals surface area contributed by atoms with Crippen LogP contribution >= 0.6 is 0 Å². The van der Waals surface area contributed by atoms with Gasteiger partial charge in [0.25, 0.3) is 0 Å². The van der Waals surface area contributed by atoms with Crippen LogP contribution < -0.4 is 10.1 Å². The summed E-state index contributed by atoms with van der Waals surface area (Å²) in [5.41, 5.74) is 1.99. The quantitative estimate of drug-likeness (QED) is 0.496. The molecule has 34 heavy (non-hydrogen) atoms. The maximum absolute atomic E-state index is 13.2. The molecule has 10 heteroatoms. The molecule has 1 aromatic heterocycles. The van der Waals surface area contributed by atoms with Crippen molar-refractivity contribution in [3.63, 3.8) is 0 Å². The second-order valence-corrected chi connectivity index (χ2v) is 9.89. The molecule has 1 N–H and O–H groups in total. The van der Waals surface area contributed by atoms with Gasteiger partial charge in [0.1, 0.15) is 16.3 Å². The molecule has 0 atom stereocenters. The molecule has 0 spiro atoms. The smallest absolute Gasteiger partial charge is 0.248 e. The highest BCUT2D eigenvalue weighted by molar-refractivity contribution is 7.89. The fraction of sp³-hybridized carbons (Fsp3) is 0.292. The molecule has 1 aliphatic heterocycles. The SMILES string of the molecule is COc1ccc(NC(=O)/C=C/c2cn(Cc3ccccc3)nn2)cc1S(=O)(=O)N1CCCCC1. The van der Waals surface area contributed by atoms with E-state index in [4.69, 9.17) is 4.74 Å². The van der Waals surface area contributed by atoms with Gasteiger partial charge < -0.3 is 10.1 Å². The van der Waals surface area contributed by atoms with Crippen molar-refractivity contribution < 1.29 is 17.9 Å². The predicted octanol–water partition coefficient (Wildman–Crippen LogP) is 3.16. The van der Waals surface area contributed by atoms with Crippen LogP contribution in [0.5, 0.6) is 5.75 Å². The number of benzene rings is 2. The van der Waals surface area contributed by atoms with E-state index in [2.05, 4.69) is 15.6 Å². The number of carbonyl (C=O) groups excluding carboxylic acids is 1. The summed E-state index contributed by atoms with van der Waals surface area (Å²) in [6, 6.07) is 14.5. The Balaban J connectivity index is 1.44. The van der Waals surface area contributed by atoms with Crippen molar-refractivity contribution in [3.8, 4) is 5.75 Å². The van der Waals surface area contributed by atoms with Crippen LogP contribution in [-0.4, -0.2) is 53.8 Å². The van der Waals surface area contributed by atoms with Gasteiger partial charge in [-0.15, -0.1) is 5.10 Å². The number of ether oxygens (including phenoxy) is 1. The number of sulfonamides is 1. The summed E-state index contributed by atoms with van der Waals surface area (Å²) < 4.78 is 34.7. The number of piperidine rings is 1. The molecule has 0 radical (unpaired) electrons. The first-order valence-corrected chi connectivity index (χ1v) is 12.5. The van der Waals surface area contributed by atoms with Crippen LogP contribution in [0.3, 0.4) is 0 Å². The molecular weight excluding hydrogens is 454 g/mol. The third kappa shape index (κ3) is 5.70. The Morgan fingerprint density at radius 2 is 1.88 bits per heavy atom. The summed E-state index contributed by atoms with van der Waals surface area (Å²) >= 11 is 0. The van der Waals surface area contributed by atoms with E-state index < -0.39 is 15.9 Å². The van der Waals surface area contributed by atoms with E-state index in [1.807, 2.05) is 30.3 Å². The topological polar surface area (TPSA) is 106 Å². The maximum atomic E-state index is 13.2.